The van der Waals surface area contributed by atoms with Gasteiger partial charge in [0.1, 0.15) is 5.75 Å². The third kappa shape index (κ3) is 4.36. The van der Waals surface area contributed by atoms with Crippen LogP contribution in [0.2, 0.25) is 0 Å². The summed E-state index contributed by atoms with van der Waals surface area (Å²) in [7, 11) is 0. The van der Waals surface area contributed by atoms with Crippen molar-refractivity contribution >= 4 is 22.5 Å². The van der Waals surface area contributed by atoms with Crippen LogP contribution in [0.3, 0.4) is 0 Å². The van der Waals surface area contributed by atoms with Crippen molar-refractivity contribution in [2.75, 3.05) is 11.9 Å². The van der Waals surface area contributed by atoms with Crippen molar-refractivity contribution in [3.8, 4) is 5.75 Å². The van der Waals surface area contributed by atoms with Crippen molar-refractivity contribution in [2.45, 2.75) is 20.0 Å². The number of fused-ring (bicyclic) bond motifs is 1. The van der Waals surface area contributed by atoms with Gasteiger partial charge in [-0.2, -0.15) is 13.2 Å². The Hall–Kier alpha value is -3.09. The van der Waals surface area contributed by atoms with Crippen LogP contribution in [0.15, 0.2) is 48.5 Å². The van der Waals surface area contributed by atoms with E-state index in [9.17, 15) is 18.0 Å². The van der Waals surface area contributed by atoms with E-state index >= 15 is 0 Å². The second kappa shape index (κ2) is 7.26. The van der Waals surface area contributed by atoms with Crippen LogP contribution in [0.5, 0.6) is 5.75 Å². The summed E-state index contributed by atoms with van der Waals surface area (Å²) < 4.78 is 41.9. The number of amides is 1. The summed E-state index contributed by atoms with van der Waals surface area (Å²) in [5.74, 6) is -0.319. The van der Waals surface area contributed by atoms with Crippen molar-refractivity contribution < 1.29 is 22.7 Å². The summed E-state index contributed by atoms with van der Waals surface area (Å²) >= 11 is 0. The van der Waals surface area contributed by atoms with Gasteiger partial charge in [0.2, 0.25) is 0 Å². The van der Waals surface area contributed by atoms with Crippen molar-refractivity contribution in [1.82, 2.24) is 4.98 Å². The SMILES string of the molecule is Cc1nc2ccccc2cc1C(=O)Nc1cccc(OCC(F)(F)F)c1C. The molecule has 27 heavy (non-hydrogen) atoms. The number of carbonyl (C=O) groups excluding carboxylic acids is 1. The fraction of sp³-hybridized carbons (Fsp3) is 0.200. The lowest BCUT2D eigenvalue weighted by atomic mass is 10.1. The average molecular weight is 374 g/mol. The number of carbonyl (C=O) groups is 1. The molecule has 3 rings (SSSR count). The zero-order chi connectivity index (χ0) is 19.6. The van der Waals surface area contributed by atoms with Gasteiger partial charge in [0, 0.05) is 16.6 Å². The second-order valence-electron chi connectivity index (χ2n) is 6.10. The van der Waals surface area contributed by atoms with E-state index in [0.717, 1.165) is 10.9 Å². The van der Waals surface area contributed by atoms with E-state index < -0.39 is 12.8 Å². The quantitative estimate of drug-likeness (QED) is 0.696. The fourth-order valence-electron chi connectivity index (χ4n) is 2.70. The molecule has 140 valence electrons. The number of nitrogens with zero attached hydrogens (tertiary/aromatic N) is 1. The van der Waals surface area contributed by atoms with E-state index in [4.69, 9.17) is 4.74 Å². The molecule has 1 N–H and O–H groups in total. The molecule has 0 aliphatic heterocycles. The Kier molecular flexibility index (Phi) is 5.03. The predicted octanol–water partition coefficient (Wildman–Crippen LogP) is 5.05. The number of pyridine rings is 1. The Balaban J connectivity index is 1.85. The lowest BCUT2D eigenvalue weighted by Gasteiger charge is -2.15. The van der Waals surface area contributed by atoms with Gasteiger partial charge in [-0.05, 0) is 38.1 Å². The van der Waals surface area contributed by atoms with E-state index in [0.29, 0.717) is 22.5 Å². The highest BCUT2D eigenvalue weighted by atomic mass is 19.4. The van der Waals surface area contributed by atoms with E-state index in [1.807, 2.05) is 24.3 Å². The Morgan fingerprint density at radius 3 is 2.59 bits per heavy atom. The molecular weight excluding hydrogens is 357 g/mol. The van der Waals surface area contributed by atoms with Gasteiger partial charge in [0.25, 0.3) is 5.91 Å². The first-order valence-electron chi connectivity index (χ1n) is 8.21. The van der Waals surface area contributed by atoms with Crippen LogP contribution < -0.4 is 10.1 Å². The van der Waals surface area contributed by atoms with Gasteiger partial charge < -0.3 is 10.1 Å². The molecule has 0 fully saturated rings. The zero-order valence-corrected chi connectivity index (χ0v) is 14.7. The first-order chi connectivity index (χ1) is 12.7. The number of ether oxygens (including phenoxy) is 1. The number of benzene rings is 2. The molecule has 0 atom stereocenters. The number of alkyl halides is 3. The molecule has 0 spiro atoms. The summed E-state index contributed by atoms with van der Waals surface area (Å²) in [6, 6.07) is 13.7. The van der Waals surface area contributed by atoms with E-state index in [1.165, 1.54) is 12.1 Å². The lowest BCUT2D eigenvalue weighted by molar-refractivity contribution is -0.153. The Morgan fingerprint density at radius 2 is 1.85 bits per heavy atom. The highest BCUT2D eigenvalue weighted by Gasteiger charge is 2.28. The molecule has 0 unspecified atom stereocenters. The van der Waals surface area contributed by atoms with Gasteiger partial charge in [-0.3, -0.25) is 9.78 Å². The number of nitrogens with one attached hydrogen (secondary N) is 1. The third-order valence-corrected chi connectivity index (χ3v) is 4.08. The van der Waals surface area contributed by atoms with Gasteiger partial charge >= 0.3 is 6.18 Å². The van der Waals surface area contributed by atoms with Crippen LogP contribution in [0.25, 0.3) is 10.9 Å². The average Bonchev–Trinajstić information content (AvgIpc) is 2.61. The maximum atomic E-state index is 12.7. The minimum absolute atomic E-state index is 0.0680. The fourth-order valence-corrected chi connectivity index (χ4v) is 2.70. The van der Waals surface area contributed by atoms with Gasteiger partial charge in [0.05, 0.1) is 16.8 Å². The lowest BCUT2D eigenvalue weighted by Crippen LogP contribution is -2.20. The smallest absolute Gasteiger partial charge is 0.422 e. The van der Waals surface area contributed by atoms with Gasteiger partial charge in [-0.15, -0.1) is 0 Å². The molecule has 0 saturated heterocycles. The highest BCUT2D eigenvalue weighted by molar-refractivity contribution is 6.07. The molecular formula is C20H17F3N2O2. The molecule has 4 nitrogen and oxygen atoms in total. The monoisotopic (exact) mass is 374 g/mol. The highest BCUT2D eigenvalue weighted by Crippen LogP contribution is 2.28. The number of para-hydroxylation sites is 1. The van der Waals surface area contributed by atoms with Gasteiger partial charge in [-0.1, -0.05) is 24.3 Å². The Bertz CT molecular complexity index is 1000. The summed E-state index contributed by atoms with van der Waals surface area (Å²) in [5.41, 5.74) is 2.54. The minimum atomic E-state index is -4.43. The third-order valence-electron chi connectivity index (χ3n) is 4.08. The van der Waals surface area contributed by atoms with Gasteiger partial charge in [0.15, 0.2) is 6.61 Å². The summed E-state index contributed by atoms with van der Waals surface area (Å²) in [6.07, 6.45) is -4.43. The van der Waals surface area contributed by atoms with Crippen LogP contribution in [0.1, 0.15) is 21.6 Å². The maximum Gasteiger partial charge on any atom is 0.422 e. The minimum Gasteiger partial charge on any atom is -0.484 e. The number of aryl methyl sites for hydroxylation is 1. The molecule has 1 aromatic heterocycles. The Labute approximate surface area is 154 Å². The van der Waals surface area contributed by atoms with Crippen molar-refractivity contribution in [1.29, 1.82) is 0 Å². The molecule has 3 aromatic rings. The zero-order valence-electron chi connectivity index (χ0n) is 14.7. The molecule has 0 bridgehead atoms. The normalized spacial score (nSPS) is 11.4. The molecule has 2 aromatic carbocycles. The number of aromatic nitrogens is 1. The number of hydrogen-bond acceptors (Lipinski definition) is 3. The number of hydrogen-bond donors (Lipinski definition) is 1. The number of anilines is 1. The van der Waals surface area contributed by atoms with E-state index in [2.05, 4.69) is 10.3 Å². The molecule has 0 saturated carbocycles. The Morgan fingerprint density at radius 1 is 1.11 bits per heavy atom. The van der Waals surface area contributed by atoms with Crippen molar-refractivity contribution in [2.24, 2.45) is 0 Å². The second-order valence-corrected chi connectivity index (χ2v) is 6.10. The largest absolute Gasteiger partial charge is 0.484 e. The van der Waals surface area contributed by atoms with Crippen molar-refractivity contribution in [3.05, 3.63) is 65.4 Å². The van der Waals surface area contributed by atoms with Crippen LogP contribution in [0, 0.1) is 13.8 Å². The summed E-state index contributed by atoms with van der Waals surface area (Å²) in [5, 5.41) is 3.56. The number of rotatable bonds is 4. The molecule has 1 amide bonds. The predicted molar refractivity (Wildman–Crippen MR) is 97.2 cm³/mol. The summed E-state index contributed by atoms with van der Waals surface area (Å²) in [6.45, 7) is 1.93. The van der Waals surface area contributed by atoms with E-state index in [1.54, 1.807) is 26.0 Å². The molecule has 7 heteroatoms. The van der Waals surface area contributed by atoms with Crippen molar-refractivity contribution in [3.63, 3.8) is 0 Å². The molecule has 0 radical (unpaired) electrons. The maximum absolute atomic E-state index is 12.7. The van der Waals surface area contributed by atoms with Crippen LogP contribution >= 0.6 is 0 Å². The summed E-state index contributed by atoms with van der Waals surface area (Å²) in [4.78, 5) is 17.1. The molecule has 0 aliphatic carbocycles. The van der Waals surface area contributed by atoms with Crippen LogP contribution in [-0.2, 0) is 0 Å². The first kappa shape index (κ1) is 18.7. The first-order valence-corrected chi connectivity index (χ1v) is 8.21. The van der Waals surface area contributed by atoms with Crippen LogP contribution in [0.4, 0.5) is 18.9 Å². The number of halogens is 3. The topological polar surface area (TPSA) is 51.2 Å². The molecule has 0 aliphatic rings. The van der Waals surface area contributed by atoms with Crippen LogP contribution in [-0.4, -0.2) is 23.7 Å². The van der Waals surface area contributed by atoms with Gasteiger partial charge in [-0.25, -0.2) is 0 Å². The van der Waals surface area contributed by atoms with E-state index in [-0.39, 0.29) is 11.7 Å². The standard InChI is InChI=1S/C20H17F3N2O2/c1-12-16(8-5-9-18(12)27-11-20(21,22)23)25-19(26)15-10-14-6-3-4-7-17(14)24-13(15)2/h3-10H,11H2,1-2H3,(H,25,26). The molecule has 1 heterocycles.